The molecule has 0 atom stereocenters. The van der Waals surface area contributed by atoms with E-state index in [1.807, 2.05) is 188 Å². The predicted molar refractivity (Wildman–Crippen MR) is 427 cm³/mol. The lowest BCUT2D eigenvalue weighted by Gasteiger charge is -2.10. The number of rotatable bonds is 15. The van der Waals surface area contributed by atoms with Gasteiger partial charge in [-0.05, 0) is 86.0 Å². The second-order valence-electron chi connectivity index (χ2n) is 24.7. The molecule has 0 bridgehead atoms. The Morgan fingerprint density at radius 1 is 0.170 bits per heavy atom. The molecule has 19 rings (SSSR count). The molecule has 0 aliphatic rings. The summed E-state index contributed by atoms with van der Waals surface area (Å²) in [4.78, 5) is 0. The van der Waals surface area contributed by atoms with Gasteiger partial charge in [0.25, 0.3) is 0 Å². The summed E-state index contributed by atoms with van der Waals surface area (Å²) in [5.74, 6) is 1.95. The highest BCUT2D eigenvalue weighted by Crippen LogP contribution is 2.45. The summed E-state index contributed by atoms with van der Waals surface area (Å²) >= 11 is 0. The fraction of sp³-hybridized carbons (Fsp3) is 0. The molecule has 0 saturated carbocycles. The number of para-hydroxylation sites is 8. The Bertz CT molecular complexity index is 6280. The molecule has 0 spiro atoms. The molecule has 4 radical (unpaired) electrons. The van der Waals surface area contributed by atoms with E-state index in [-0.39, 0.29) is 0 Å². The number of furan rings is 4. The van der Waals surface area contributed by atoms with Crippen LogP contribution in [0.3, 0.4) is 0 Å². The van der Waals surface area contributed by atoms with Gasteiger partial charge in [0.1, 0.15) is 45.3 Å². The van der Waals surface area contributed by atoms with Crippen LogP contribution in [0.25, 0.3) is 166 Å². The third kappa shape index (κ3) is 13.4. The van der Waals surface area contributed by atoms with Gasteiger partial charge in [-0.1, -0.05) is 309 Å². The summed E-state index contributed by atoms with van der Waals surface area (Å²) in [7, 11) is 2.69. The highest BCUT2D eigenvalue weighted by atomic mass is 16.5. The van der Waals surface area contributed by atoms with E-state index in [1.165, 1.54) is 16.7 Å². The van der Waals surface area contributed by atoms with E-state index in [2.05, 4.69) is 127 Å². The fourth-order valence-corrected chi connectivity index (χ4v) is 13.8. The van der Waals surface area contributed by atoms with Gasteiger partial charge in [0, 0.05) is 65.3 Å². The molecule has 4 aromatic heterocycles. The summed E-state index contributed by atoms with van der Waals surface area (Å²) in [6.07, 6.45) is 0. The van der Waals surface area contributed by atoms with E-state index >= 15 is 0 Å². The van der Waals surface area contributed by atoms with Gasteiger partial charge < -0.3 is 56.4 Å². The zero-order chi connectivity index (χ0) is 71.7. The molecule has 0 unspecified atom stereocenters. The van der Waals surface area contributed by atoms with Crippen molar-refractivity contribution < 1.29 is 56.4 Å². The monoisotopic (exact) mass is 1380 g/mol. The summed E-state index contributed by atoms with van der Waals surface area (Å²) in [5, 5.41) is 43.9. The molecule has 504 valence electrons. The van der Waals surface area contributed by atoms with Crippen molar-refractivity contribution >= 4 is 118 Å². The molecule has 12 nitrogen and oxygen atoms in total. The number of fused-ring (bicyclic) bond motifs is 12. The highest BCUT2D eigenvalue weighted by molar-refractivity contribution is 6.21. The minimum atomic E-state index is 0.485. The van der Waals surface area contributed by atoms with Crippen molar-refractivity contribution in [3.8, 4) is 101 Å². The minimum Gasteiger partial charge on any atom is -0.535 e. The van der Waals surface area contributed by atoms with Crippen LogP contribution < -0.4 is 18.6 Å². The van der Waals surface area contributed by atoms with Crippen LogP contribution in [0.4, 0.5) is 0 Å². The molecule has 16 heteroatoms. The van der Waals surface area contributed by atoms with Gasteiger partial charge in [-0.15, -0.1) is 0 Å². The molecule has 106 heavy (non-hydrogen) atoms. The molecular weight excluding hydrogens is 1320 g/mol. The van der Waals surface area contributed by atoms with E-state index in [4.69, 9.17) is 56.4 Å². The smallest absolute Gasteiger partial charge is 0.535 e. The normalized spacial score (nSPS) is 11.0. The minimum absolute atomic E-state index is 0.485. The summed E-state index contributed by atoms with van der Waals surface area (Å²) in [5.41, 5.74) is 21.2. The third-order valence-electron chi connectivity index (χ3n) is 18.6. The van der Waals surface area contributed by atoms with Crippen molar-refractivity contribution in [2.45, 2.75) is 0 Å². The van der Waals surface area contributed by atoms with Crippen LogP contribution >= 0.6 is 0 Å². The first kappa shape index (κ1) is 67.3. The van der Waals surface area contributed by atoms with Crippen LogP contribution in [0.2, 0.25) is 0 Å². The average molecular weight is 1380 g/mol. The van der Waals surface area contributed by atoms with Crippen LogP contribution in [0, 0.1) is 0 Å². The maximum atomic E-state index is 9.06. The van der Waals surface area contributed by atoms with Crippen LogP contribution in [0.15, 0.2) is 357 Å². The molecule has 15 aromatic carbocycles. The van der Waals surface area contributed by atoms with E-state index in [0.29, 0.717) is 76.1 Å². The number of hydrogen-bond acceptors (Lipinski definition) is 12. The van der Waals surface area contributed by atoms with Crippen LogP contribution in [0.5, 0.6) is 23.0 Å². The van der Waals surface area contributed by atoms with Gasteiger partial charge in [-0.3, -0.25) is 0 Å². The van der Waals surface area contributed by atoms with Gasteiger partial charge in [0.2, 0.25) is 0 Å². The zero-order valence-electron chi connectivity index (χ0n) is 56.7. The standard InChI is InChI=1S/3C24H16BO3.C18H12BO3/c26-25-28-22-14-6-13-21-20-12-5-11-19(23(20)27-24(21)22)18-10-4-9-17(15-18)16-7-2-1-3-8-16;26-25-28-22-11-5-10-21-20-9-4-8-19(23(20)27-24(21)22)18-14-12-17(13-15-18)16-6-2-1-3-7-16;26-25-28-22-15-7-14-21-20-13-6-12-19(23(20)27-24(21)22)18-11-5-4-10-17(18)16-8-2-1-3-9-16;20-19-22-16-11-5-10-15-14-9-4-8-13(17(14)21-18(15)16)12-6-2-1-3-7-12/h3*1-15,26H;1-11,20H. The molecule has 0 aliphatic carbocycles. The molecular formula is C90H60B4O12. The van der Waals surface area contributed by atoms with Crippen LogP contribution in [0.1, 0.15) is 0 Å². The van der Waals surface area contributed by atoms with Crippen molar-refractivity contribution in [1.29, 1.82) is 0 Å². The molecule has 0 fully saturated rings. The van der Waals surface area contributed by atoms with E-state index in [1.54, 1.807) is 24.3 Å². The molecule has 0 saturated heterocycles. The topological polar surface area (TPSA) is 170 Å². The Morgan fingerprint density at radius 2 is 0.396 bits per heavy atom. The predicted octanol–water partition coefficient (Wildman–Crippen LogP) is 21.6. The van der Waals surface area contributed by atoms with Crippen molar-refractivity contribution in [2.24, 2.45) is 0 Å². The maximum absolute atomic E-state index is 9.06. The van der Waals surface area contributed by atoms with E-state index in [9.17, 15) is 0 Å². The number of benzene rings is 15. The zero-order valence-corrected chi connectivity index (χ0v) is 56.7. The Labute approximate surface area is 612 Å². The maximum Gasteiger partial charge on any atom is 0.569 e. The Kier molecular flexibility index (Phi) is 19.5. The van der Waals surface area contributed by atoms with Crippen molar-refractivity contribution in [1.82, 2.24) is 0 Å². The lowest BCUT2D eigenvalue weighted by Crippen LogP contribution is -1.99. The Morgan fingerprint density at radius 3 is 0.774 bits per heavy atom. The lowest BCUT2D eigenvalue weighted by molar-refractivity contribution is 0.450. The van der Waals surface area contributed by atoms with Gasteiger partial charge in [0.15, 0.2) is 22.3 Å². The first-order valence-electron chi connectivity index (χ1n) is 34.2. The lowest BCUT2D eigenvalue weighted by atomic mass is 9.93. The molecule has 0 aliphatic heterocycles. The van der Waals surface area contributed by atoms with Gasteiger partial charge in [-0.2, -0.15) is 0 Å². The highest BCUT2D eigenvalue weighted by Gasteiger charge is 2.21. The molecule has 4 heterocycles. The molecule has 19 aromatic rings. The van der Waals surface area contributed by atoms with Crippen LogP contribution in [-0.4, -0.2) is 50.8 Å². The summed E-state index contributed by atoms with van der Waals surface area (Å²) < 4.78 is 45.5. The molecule has 4 N–H and O–H groups in total. The van der Waals surface area contributed by atoms with Crippen molar-refractivity contribution in [2.75, 3.05) is 0 Å². The summed E-state index contributed by atoms with van der Waals surface area (Å²) in [6, 6.07) is 113. The Balaban J connectivity index is 0.000000109. The van der Waals surface area contributed by atoms with Gasteiger partial charge in [0.05, 0.1) is 0 Å². The SMILES string of the molecule is O[B]Oc1cccc2c1oc1c(-c3ccc(-c4ccccc4)cc3)cccc12.O[B]Oc1cccc2c1oc1c(-c3cccc(-c4ccccc4)c3)cccc12.O[B]Oc1cccc2c1oc1c(-c3ccccc3)cccc12.O[B]Oc1cccc2c1oc1c(-c3ccccc3-c3ccccc3)cccc12. The third-order valence-corrected chi connectivity index (χ3v) is 18.6. The second kappa shape index (κ2) is 30.8. The number of hydrogen-bond donors (Lipinski definition) is 4. The Hall–Kier alpha value is -13.2. The first-order chi connectivity index (χ1) is 52.4. The van der Waals surface area contributed by atoms with Crippen molar-refractivity contribution in [3.05, 3.63) is 340 Å². The van der Waals surface area contributed by atoms with Crippen LogP contribution in [-0.2, 0) is 0 Å². The van der Waals surface area contributed by atoms with Gasteiger partial charge >= 0.3 is 30.7 Å². The van der Waals surface area contributed by atoms with Crippen molar-refractivity contribution in [3.63, 3.8) is 0 Å². The fourth-order valence-electron chi connectivity index (χ4n) is 13.8. The van der Waals surface area contributed by atoms with E-state index < -0.39 is 0 Å². The average Bonchev–Trinajstić information content (AvgIpc) is 1.63. The van der Waals surface area contributed by atoms with E-state index in [0.717, 1.165) is 127 Å². The largest absolute Gasteiger partial charge is 0.569 e. The quantitative estimate of drug-likeness (QED) is 0.0718. The molecule has 0 amide bonds. The second-order valence-corrected chi connectivity index (χ2v) is 24.7. The van der Waals surface area contributed by atoms with Gasteiger partial charge in [-0.25, -0.2) is 0 Å². The summed E-state index contributed by atoms with van der Waals surface area (Å²) in [6.45, 7) is 0. The first-order valence-corrected chi connectivity index (χ1v) is 34.2.